The van der Waals surface area contributed by atoms with E-state index in [9.17, 15) is 9.59 Å². The average molecular weight is 522 g/mol. The third kappa shape index (κ3) is 5.35. The minimum Gasteiger partial charge on any atom is -0.493 e. The van der Waals surface area contributed by atoms with Crippen molar-refractivity contribution in [2.24, 2.45) is 5.41 Å². The van der Waals surface area contributed by atoms with Crippen LogP contribution in [-0.4, -0.2) is 46.3 Å². The summed E-state index contributed by atoms with van der Waals surface area (Å²) in [6, 6.07) is 12.9. The Morgan fingerprint density at radius 1 is 0.947 bits per heavy atom. The molecule has 38 heavy (non-hydrogen) atoms. The fraction of sp³-hybridized carbons (Fsp3) is 0.400. The average Bonchev–Trinajstić information content (AvgIpc) is 2.89. The molecule has 1 aliphatic heterocycles. The van der Waals surface area contributed by atoms with Gasteiger partial charge in [0.05, 0.1) is 32.8 Å². The minimum atomic E-state index is -0.702. The van der Waals surface area contributed by atoms with Gasteiger partial charge in [-0.25, -0.2) is 4.79 Å². The third-order valence-corrected chi connectivity index (χ3v) is 6.83. The zero-order valence-corrected chi connectivity index (χ0v) is 22.8. The van der Waals surface area contributed by atoms with Gasteiger partial charge in [0.1, 0.15) is 19.0 Å². The standard InChI is InChI=1S/C30H35NO7/c1-18-24(29(33)38-15-14-37-19-10-8-7-9-11-19)25(26-21(31-18)16-30(2,3)17-22(26)32)20-12-13-23(34-4)28(36-6)27(20)35-5/h7-13,25,31H,14-17H2,1-6H3/t25-/m1/s1. The molecule has 1 atom stereocenters. The summed E-state index contributed by atoms with van der Waals surface area (Å²) in [7, 11) is 4.59. The lowest BCUT2D eigenvalue weighted by Gasteiger charge is -2.39. The molecule has 2 aromatic rings. The Kier molecular flexibility index (Phi) is 7.99. The zero-order chi connectivity index (χ0) is 27.4. The summed E-state index contributed by atoms with van der Waals surface area (Å²) in [5.41, 5.74) is 2.76. The highest BCUT2D eigenvalue weighted by Gasteiger charge is 2.44. The molecule has 1 aliphatic carbocycles. The van der Waals surface area contributed by atoms with Gasteiger partial charge in [-0.05, 0) is 37.0 Å². The summed E-state index contributed by atoms with van der Waals surface area (Å²) in [4.78, 5) is 27.2. The minimum absolute atomic E-state index is 0.0178. The van der Waals surface area contributed by atoms with E-state index >= 15 is 0 Å². The van der Waals surface area contributed by atoms with Crippen LogP contribution in [0.4, 0.5) is 0 Å². The number of hydrogen-bond donors (Lipinski definition) is 1. The SMILES string of the molecule is COc1ccc([C@@H]2C(C(=O)OCCOc3ccccc3)=C(C)NC3=C2C(=O)CC(C)(C)C3)c(OC)c1OC. The van der Waals surface area contributed by atoms with Crippen molar-refractivity contribution in [3.8, 4) is 23.0 Å². The molecule has 8 nitrogen and oxygen atoms in total. The molecule has 0 saturated heterocycles. The number of benzene rings is 2. The first-order valence-corrected chi connectivity index (χ1v) is 12.6. The van der Waals surface area contributed by atoms with Gasteiger partial charge in [-0.1, -0.05) is 38.1 Å². The van der Waals surface area contributed by atoms with Crippen LogP contribution in [0.5, 0.6) is 23.0 Å². The van der Waals surface area contributed by atoms with Crippen molar-refractivity contribution in [1.29, 1.82) is 0 Å². The fourth-order valence-corrected chi connectivity index (χ4v) is 5.26. The van der Waals surface area contributed by atoms with Crippen LogP contribution in [0.1, 0.15) is 45.1 Å². The molecule has 1 heterocycles. The summed E-state index contributed by atoms with van der Waals surface area (Å²) in [6.45, 7) is 6.21. The molecule has 0 aromatic heterocycles. The molecule has 0 saturated carbocycles. The zero-order valence-electron chi connectivity index (χ0n) is 22.8. The number of rotatable bonds is 9. The molecule has 0 bridgehead atoms. The quantitative estimate of drug-likeness (QED) is 0.367. The van der Waals surface area contributed by atoms with Gasteiger partial charge >= 0.3 is 5.97 Å². The van der Waals surface area contributed by atoms with Crippen molar-refractivity contribution in [3.63, 3.8) is 0 Å². The van der Waals surface area contributed by atoms with E-state index in [1.807, 2.05) is 43.3 Å². The van der Waals surface area contributed by atoms with Crippen molar-refractivity contribution in [2.75, 3.05) is 34.5 Å². The monoisotopic (exact) mass is 521 g/mol. The lowest BCUT2D eigenvalue weighted by Crippen LogP contribution is -2.39. The van der Waals surface area contributed by atoms with Gasteiger partial charge < -0.3 is 29.0 Å². The van der Waals surface area contributed by atoms with E-state index < -0.39 is 11.9 Å². The van der Waals surface area contributed by atoms with E-state index in [4.69, 9.17) is 23.7 Å². The van der Waals surface area contributed by atoms with Crippen molar-refractivity contribution < 1.29 is 33.3 Å². The van der Waals surface area contributed by atoms with Crippen LogP contribution in [0.3, 0.4) is 0 Å². The van der Waals surface area contributed by atoms with Gasteiger partial charge in [0.2, 0.25) is 5.75 Å². The summed E-state index contributed by atoms with van der Waals surface area (Å²) in [6.07, 6.45) is 1.04. The largest absolute Gasteiger partial charge is 0.493 e. The van der Waals surface area contributed by atoms with Gasteiger partial charge in [0.15, 0.2) is 17.3 Å². The molecule has 0 radical (unpaired) electrons. The number of carbonyl (C=O) groups is 2. The number of para-hydroxylation sites is 1. The second-order valence-electron chi connectivity index (χ2n) is 10.2. The number of carbonyl (C=O) groups excluding carboxylic acids is 2. The first-order chi connectivity index (χ1) is 18.2. The second kappa shape index (κ2) is 11.2. The van der Waals surface area contributed by atoms with E-state index in [0.717, 1.165) is 5.70 Å². The molecule has 0 unspecified atom stereocenters. The number of methoxy groups -OCH3 is 3. The smallest absolute Gasteiger partial charge is 0.336 e. The first-order valence-electron chi connectivity index (χ1n) is 12.6. The first kappa shape index (κ1) is 27.1. The molecule has 2 aliphatic rings. The molecule has 0 amide bonds. The molecule has 8 heteroatoms. The van der Waals surface area contributed by atoms with Gasteiger partial charge in [0, 0.05) is 29.0 Å². The predicted octanol–water partition coefficient (Wildman–Crippen LogP) is 4.94. The lowest BCUT2D eigenvalue weighted by molar-refractivity contribution is -0.140. The molecule has 0 fully saturated rings. The molecule has 1 N–H and O–H groups in total. The summed E-state index contributed by atoms with van der Waals surface area (Å²) < 4.78 is 28.2. The highest BCUT2D eigenvalue weighted by molar-refractivity contribution is 6.04. The number of hydrogen-bond acceptors (Lipinski definition) is 8. The van der Waals surface area contributed by atoms with Crippen molar-refractivity contribution in [2.45, 2.75) is 39.5 Å². The number of Topliss-reactive ketones (excluding diaryl/α,β-unsaturated/α-hetero) is 1. The van der Waals surface area contributed by atoms with E-state index in [-0.39, 0.29) is 24.4 Å². The maximum absolute atomic E-state index is 13.6. The molecule has 2 aromatic carbocycles. The fourth-order valence-electron chi connectivity index (χ4n) is 5.26. The highest BCUT2D eigenvalue weighted by Crippen LogP contribution is 2.51. The predicted molar refractivity (Wildman–Crippen MR) is 143 cm³/mol. The van der Waals surface area contributed by atoms with Gasteiger partial charge in [-0.3, -0.25) is 4.79 Å². The summed E-state index contributed by atoms with van der Waals surface area (Å²) >= 11 is 0. The highest BCUT2D eigenvalue weighted by atomic mass is 16.6. The number of allylic oxidation sites excluding steroid dienone is 3. The van der Waals surface area contributed by atoms with Gasteiger partial charge in [-0.2, -0.15) is 0 Å². The Morgan fingerprint density at radius 3 is 2.32 bits per heavy atom. The Hall–Kier alpha value is -3.94. The van der Waals surface area contributed by atoms with Crippen molar-refractivity contribution >= 4 is 11.8 Å². The van der Waals surface area contributed by atoms with Crippen LogP contribution in [0.2, 0.25) is 0 Å². The van der Waals surface area contributed by atoms with Crippen LogP contribution < -0.4 is 24.3 Å². The third-order valence-electron chi connectivity index (χ3n) is 6.83. The van der Waals surface area contributed by atoms with Crippen LogP contribution in [0.25, 0.3) is 0 Å². The molecule has 202 valence electrons. The van der Waals surface area contributed by atoms with E-state index in [0.29, 0.717) is 58.2 Å². The second-order valence-corrected chi connectivity index (χ2v) is 10.2. The van der Waals surface area contributed by atoms with E-state index in [1.54, 1.807) is 13.2 Å². The normalized spacial score (nSPS) is 18.4. The van der Waals surface area contributed by atoms with Crippen molar-refractivity contribution in [3.05, 3.63) is 70.6 Å². The Morgan fingerprint density at radius 2 is 1.66 bits per heavy atom. The topological polar surface area (TPSA) is 92.3 Å². The maximum Gasteiger partial charge on any atom is 0.336 e. The molecule has 0 spiro atoms. The van der Waals surface area contributed by atoms with Crippen molar-refractivity contribution in [1.82, 2.24) is 5.32 Å². The van der Waals surface area contributed by atoms with Gasteiger partial charge in [-0.15, -0.1) is 0 Å². The Bertz CT molecular complexity index is 1280. The maximum atomic E-state index is 13.6. The van der Waals surface area contributed by atoms with Crippen LogP contribution in [0, 0.1) is 5.41 Å². The summed E-state index contributed by atoms with van der Waals surface area (Å²) in [5.74, 6) is 0.708. The Labute approximate surface area is 223 Å². The number of esters is 1. The Balaban J connectivity index is 1.73. The molecular formula is C30H35NO7. The van der Waals surface area contributed by atoms with Crippen LogP contribution in [0.15, 0.2) is 65.0 Å². The number of ketones is 1. The number of nitrogens with one attached hydrogen (secondary N) is 1. The van der Waals surface area contributed by atoms with Crippen LogP contribution in [-0.2, 0) is 14.3 Å². The van der Waals surface area contributed by atoms with Gasteiger partial charge in [0.25, 0.3) is 0 Å². The van der Waals surface area contributed by atoms with Crippen LogP contribution >= 0.6 is 0 Å². The number of ether oxygens (including phenoxy) is 5. The van der Waals surface area contributed by atoms with E-state index in [1.165, 1.54) is 14.2 Å². The molecular weight excluding hydrogens is 486 g/mol. The number of dihydropyridines is 1. The summed E-state index contributed by atoms with van der Waals surface area (Å²) in [5, 5.41) is 3.35. The molecule has 4 rings (SSSR count). The lowest BCUT2D eigenvalue weighted by atomic mass is 9.68. The van der Waals surface area contributed by atoms with E-state index in [2.05, 4.69) is 19.2 Å².